The second-order valence-corrected chi connectivity index (χ2v) is 7.26. The Morgan fingerprint density at radius 1 is 1.26 bits per heavy atom. The number of ether oxygens (including phenoxy) is 1. The summed E-state index contributed by atoms with van der Waals surface area (Å²) in [5, 5.41) is 3.58. The molecule has 7 heteroatoms. The lowest BCUT2D eigenvalue weighted by atomic mass is 10.2. The summed E-state index contributed by atoms with van der Waals surface area (Å²) in [6, 6.07) is 11.5. The van der Waals surface area contributed by atoms with E-state index in [1.807, 2.05) is 7.05 Å². The van der Waals surface area contributed by atoms with Gasteiger partial charge in [0, 0.05) is 64.6 Å². The normalized spacial score (nSPS) is 22.3. The molecule has 2 atom stereocenters. The lowest BCUT2D eigenvalue weighted by Crippen LogP contribution is -2.48. The second kappa shape index (κ2) is 11.1. The van der Waals surface area contributed by atoms with Crippen molar-refractivity contribution >= 4 is 35.6 Å². The summed E-state index contributed by atoms with van der Waals surface area (Å²) in [5.74, 6) is 1.02. The second-order valence-electron chi connectivity index (χ2n) is 7.26. The molecule has 0 saturated carbocycles. The molecule has 2 aliphatic heterocycles. The van der Waals surface area contributed by atoms with Crippen LogP contribution in [-0.2, 0) is 4.74 Å². The Morgan fingerprint density at radius 3 is 2.63 bits per heavy atom. The van der Waals surface area contributed by atoms with Crippen LogP contribution in [0.5, 0.6) is 0 Å². The molecule has 27 heavy (non-hydrogen) atoms. The Bertz CT molecular complexity index is 579. The quantitative estimate of drug-likeness (QED) is 0.392. The fraction of sp³-hybridized carbons (Fsp3) is 0.650. The zero-order chi connectivity index (χ0) is 18.4. The van der Waals surface area contributed by atoms with Crippen molar-refractivity contribution in [2.75, 3.05) is 64.9 Å². The highest BCUT2D eigenvalue weighted by Crippen LogP contribution is 2.17. The molecule has 2 saturated heterocycles. The van der Waals surface area contributed by atoms with E-state index < -0.39 is 0 Å². The molecule has 2 unspecified atom stereocenters. The van der Waals surface area contributed by atoms with E-state index in [9.17, 15) is 0 Å². The number of para-hydroxylation sites is 1. The Balaban J connectivity index is 0.00000261. The molecule has 0 amide bonds. The minimum atomic E-state index is 0. The topological polar surface area (TPSA) is 43.3 Å². The fourth-order valence-corrected chi connectivity index (χ4v) is 3.80. The Kier molecular flexibility index (Phi) is 9.11. The number of hydrogen-bond donors (Lipinski definition) is 1. The van der Waals surface area contributed by atoms with Crippen LogP contribution in [0.3, 0.4) is 0 Å². The van der Waals surface area contributed by atoms with Gasteiger partial charge in [0.2, 0.25) is 0 Å². The maximum Gasteiger partial charge on any atom is 0.193 e. The van der Waals surface area contributed by atoms with Crippen LogP contribution in [0.25, 0.3) is 0 Å². The average molecular weight is 487 g/mol. The van der Waals surface area contributed by atoms with Crippen molar-refractivity contribution < 1.29 is 4.74 Å². The van der Waals surface area contributed by atoms with Gasteiger partial charge in [-0.25, -0.2) is 0 Å². The van der Waals surface area contributed by atoms with Gasteiger partial charge in [0.1, 0.15) is 0 Å². The highest BCUT2D eigenvalue weighted by molar-refractivity contribution is 14.0. The molecule has 2 aliphatic rings. The van der Waals surface area contributed by atoms with Crippen LogP contribution >= 0.6 is 24.0 Å². The Morgan fingerprint density at radius 2 is 1.96 bits per heavy atom. The number of anilines is 1. The largest absolute Gasteiger partial charge is 0.379 e. The molecule has 0 aliphatic carbocycles. The molecular formula is C20H34IN5O. The summed E-state index contributed by atoms with van der Waals surface area (Å²) >= 11 is 0. The third-order valence-corrected chi connectivity index (χ3v) is 5.62. The molecule has 2 heterocycles. The van der Waals surface area contributed by atoms with Gasteiger partial charge in [-0.2, -0.15) is 0 Å². The molecule has 0 bridgehead atoms. The average Bonchev–Trinajstić information content (AvgIpc) is 3.19. The van der Waals surface area contributed by atoms with Crippen LogP contribution in [0.1, 0.15) is 13.3 Å². The van der Waals surface area contributed by atoms with Crippen molar-refractivity contribution in [3.05, 3.63) is 30.3 Å². The van der Waals surface area contributed by atoms with Crippen molar-refractivity contribution in [2.24, 2.45) is 4.99 Å². The first-order chi connectivity index (χ1) is 12.7. The van der Waals surface area contributed by atoms with Crippen molar-refractivity contribution in [3.63, 3.8) is 0 Å². The van der Waals surface area contributed by atoms with Crippen LogP contribution in [0.15, 0.2) is 35.3 Å². The van der Waals surface area contributed by atoms with Crippen molar-refractivity contribution in [2.45, 2.75) is 25.4 Å². The first kappa shape index (κ1) is 22.2. The van der Waals surface area contributed by atoms with Gasteiger partial charge < -0.3 is 19.9 Å². The number of aliphatic imine (C=N–C) groups is 1. The van der Waals surface area contributed by atoms with Gasteiger partial charge in [0.05, 0.1) is 13.2 Å². The summed E-state index contributed by atoms with van der Waals surface area (Å²) in [6.45, 7) is 9.10. The molecule has 3 rings (SSSR count). The van der Waals surface area contributed by atoms with Gasteiger partial charge in [0.25, 0.3) is 0 Å². The first-order valence-electron chi connectivity index (χ1n) is 9.74. The minimum Gasteiger partial charge on any atom is -0.379 e. The number of nitrogens with one attached hydrogen (secondary N) is 1. The lowest BCUT2D eigenvalue weighted by molar-refractivity contribution is 0.0195. The van der Waals surface area contributed by atoms with Gasteiger partial charge in [-0.15, -0.1) is 24.0 Å². The number of rotatable bonds is 5. The number of nitrogens with zero attached hydrogens (tertiary/aromatic N) is 4. The van der Waals surface area contributed by atoms with Gasteiger partial charge in [0.15, 0.2) is 5.96 Å². The standard InChI is InChI=1S/C20H33N5O.HI/c1-17(23(3)18-7-5-4-6-8-18)15-22-20(21-2)25-10-9-19(16-25)24-11-13-26-14-12-24;/h4-8,17,19H,9-16H2,1-3H3,(H,21,22);1H. The van der Waals surface area contributed by atoms with Crippen LogP contribution in [0, 0.1) is 0 Å². The van der Waals surface area contributed by atoms with E-state index in [-0.39, 0.29) is 24.0 Å². The predicted octanol–water partition coefficient (Wildman–Crippen LogP) is 2.11. The molecule has 6 nitrogen and oxygen atoms in total. The van der Waals surface area contributed by atoms with Crippen LogP contribution in [0.4, 0.5) is 5.69 Å². The van der Waals surface area contributed by atoms with E-state index in [1.165, 1.54) is 12.1 Å². The number of hydrogen-bond acceptors (Lipinski definition) is 4. The molecule has 152 valence electrons. The highest BCUT2D eigenvalue weighted by Gasteiger charge is 2.30. The molecule has 1 aromatic rings. The van der Waals surface area contributed by atoms with Gasteiger partial charge in [-0.05, 0) is 25.5 Å². The zero-order valence-electron chi connectivity index (χ0n) is 16.8. The van der Waals surface area contributed by atoms with E-state index in [0.29, 0.717) is 12.1 Å². The number of morpholine rings is 1. The number of likely N-dealkylation sites (N-methyl/N-ethyl adjacent to an activating group) is 1. The van der Waals surface area contributed by atoms with Crippen LogP contribution < -0.4 is 10.2 Å². The molecule has 0 aromatic heterocycles. The molecule has 0 spiro atoms. The monoisotopic (exact) mass is 487 g/mol. The molecule has 0 radical (unpaired) electrons. The summed E-state index contributed by atoms with van der Waals surface area (Å²) in [5.41, 5.74) is 1.24. The lowest BCUT2D eigenvalue weighted by Gasteiger charge is -2.32. The van der Waals surface area contributed by atoms with E-state index in [4.69, 9.17) is 4.74 Å². The summed E-state index contributed by atoms with van der Waals surface area (Å²) in [4.78, 5) is 11.8. The number of likely N-dealkylation sites (tertiary alicyclic amines) is 1. The van der Waals surface area contributed by atoms with Gasteiger partial charge in [-0.1, -0.05) is 18.2 Å². The Labute approximate surface area is 181 Å². The number of guanidine groups is 1. The van der Waals surface area contributed by atoms with E-state index in [1.54, 1.807) is 0 Å². The third-order valence-electron chi connectivity index (χ3n) is 5.62. The molecule has 1 aromatic carbocycles. The van der Waals surface area contributed by atoms with Gasteiger partial charge in [-0.3, -0.25) is 9.89 Å². The zero-order valence-corrected chi connectivity index (χ0v) is 19.1. The van der Waals surface area contributed by atoms with E-state index in [2.05, 4.69) is 69.3 Å². The van der Waals surface area contributed by atoms with Crippen molar-refractivity contribution in [1.82, 2.24) is 15.1 Å². The fourth-order valence-electron chi connectivity index (χ4n) is 3.80. The number of benzene rings is 1. The van der Waals surface area contributed by atoms with Crippen LogP contribution in [0.2, 0.25) is 0 Å². The highest BCUT2D eigenvalue weighted by atomic mass is 127. The summed E-state index contributed by atoms with van der Waals surface area (Å²) < 4.78 is 5.48. The summed E-state index contributed by atoms with van der Waals surface area (Å²) in [6.07, 6.45) is 1.21. The number of halogens is 1. The smallest absolute Gasteiger partial charge is 0.193 e. The van der Waals surface area contributed by atoms with Gasteiger partial charge >= 0.3 is 0 Å². The minimum absolute atomic E-state index is 0. The Hall–Kier alpha value is -1.06. The van der Waals surface area contributed by atoms with Crippen LogP contribution in [-0.4, -0.2) is 87.9 Å². The summed E-state index contributed by atoms with van der Waals surface area (Å²) in [7, 11) is 4.03. The molecular weight excluding hydrogens is 453 g/mol. The van der Waals surface area contributed by atoms with E-state index >= 15 is 0 Å². The van der Waals surface area contributed by atoms with E-state index in [0.717, 1.165) is 51.9 Å². The maximum atomic E-state index is 5.48. The molecule has 1 N–H and O–H groups in total. The van der Waals surface area contributed by atoms with Crippen molar-refractivity contribution in [1.29, 1.82) is 0 Å². The predicted molar refractivity (Wildman–Crippen MR) is 123 cm³/mol. The SMILES string of the molecule is CN=C(NCC(C)N(C)c1ccccc1)N1CCC(N2CCOCC2)C1.I. The third kappa shape index (κ3) is 5.96. The van der Waals surface area contributed by atoms with Crippen molar-refractivity contribution in [3.8, 4) is 0 Å². The first-order valence-corrected chi connectivity index (χ1v) is 9.74. The molecule has 2 fully saturated rings. The maximum absolute atomic E-state index is 5.48.